The van der Waals surface area contributed by atoms with Gasteiger partial charge in [0.2, 0.25) is 0 Å². The van der Waals surface area contributed by atoms with Crippen LogP contribution in [0.3, 0.4) is 0 Å². The second kappa shape index (κ2) is 4.40. The summed E-state index contributed by atoms with van der Waals surface area (Å²) in [6.45, 7) is 0.968. The zero-order chi connectivity index (χ0) is 11.5. The number of hydrogen-bond acceptors (Lipinski definition) is 4. The Morgan fingerprint density at radius 3 is 2.69 bits per heavy atom. The largest absolute Gasteiger partial charge is 0.486 e. The van der Waals surface area contributed by atoms with Crippen molar-refractivity contribution in [2.75, 3.05) is 13.2 Å². The maximum atomic E-state index is 10.5. The lowest BCUT2D eigenvalue weighted by Gasteiger charge is -2.19. The molecule has 2 N–H and O–H groups in total. The Morgan fingerprint density at radius 2 is 2.00 bits per heavy atom. The molecule has 16 heavy (non-hydrogen) atoms. The van der Waals surface area contributed by atoms with Crippen LogP contribution in [0, 0.1) is 0 Å². The Balaban J connectivity index is 2.19. The molecule has 0 aliphatic carbocycles. The molecule has 1 unspecified atom stereocenters. The topological polar surface area (TPSA) is 76.0 Å². The molecule has 2 rings (SSSR count). The molecule has 0 saturated carbocycles. The third-order valence-electron chi connectivity index (χ3n) is 2.32. The van der Waals surface area contributed by atoms with E-state index in [4.69, 9.17) is 14.6 Å². The molecule has 0 fully saturated rings. The number of ether oxygens (including phenoxy) is 2. The monoisotopic (exact) mass is 224 g/mol. The molecule has 86 valence electrons. The van der Waals surface area contributed by atoms with Crippen molar-refractivity contribution in [3.8, 4) is 11.5 Å². The lowest BCUT2D eigenvalue weighted by molar-refractivity contribution is -0.139. The molecule has 0 aromatic heterocycles. The minimum absolute atomic E-state index is 0.320. The summed E-state index contributed by atoms with van der Waals surface area (Å²) in [7, 11) is 0. The highest BCUT2D eigenvalue weighted by Gasteiger charge is 2.17. The Hall–Kier alpha value is -1.75. The van der Waals surface area contributed by atoms with Gasteiger partial charge in [0.05, 0.1) is 12.5 Å². The molecular weight excluding hydrogens is 212 g/mol. The molecule has 1 aromatic carbocycles. The quantitative estimate of drug-likeness (QED) is 0.799. The van der Waals surface area contributed by atoms with E-state index in [1.807, 2.05) is 0 Å². The van der Waals surface area contributed by atoms with E-state index in [9.17, 15) is 9.90 Å². The summed E-state index contributed by atoms with van der Waals surface area (Å²) >= 11 is 0. The van der Waals surface area contributed by atoms with Gasteiger partial charge in [-0.3, -0.25) is 4.79 Å². The van der Waals surface area contributed by atoms with E-state index in [-0.39, 0.29) is 6.42 Å². The van der Waals surface area contributed by atoms with Gasteiger partial charge in [0, 0.05) is 0 Å². The van der Waals surface area contributed by atoms with Crippen LogP contribution in [0.25, 0.3) is 0 Å². The van der Waals surface area contributed by atoms with Crippen molar-refractivity contribution < 1.29 is 24.5 Å². The van der Waals surface area contributed by atoms with Gasteiger partial charge in [-0.15, -0.1) is 0 Å². The predicted octanol–water partition coefficient (Wildman–Crippen LogP) is 0.966. The highest BCUT2D eigenvalue weighted by Crippen LogP contribution is 2.33. The molecule has 0 amide bonds. The molecule has 1 aliphatic heterocycles. The highest BCUT2D eigenvalue weighted by molar-refractivity contribution is 5.67. The number of carboxylic acids is 1. The van der Waals surface area contributed by atoms with Gasteiger partial charge in [0.25, 0.3) is 0 Å². The minimum atomic E-state index is -1.04. The van der Waals surface area contributed by atoms with Crippen molar-refractivity contribution in [1.82, 2.24) is 0 Å². The van der Waals surface area contributed by atoms with Gasteiger partial charge in [-0.05, 0) is 17.7 Å². The number of carbonyl (C=O) groups is 1. The first-order chi connectivity index (χ1) is 7.66. The lowest BCUT2D eigenvalue weighted by atomic mass is 10.1. The van der Waals surface area contributed by atoms with Crippen LogP contribution in [0.1, 0.15) is 18.1 Å². The molecule has 0 saturated heterocycles. The molecular formula is C11H12O5. The van der Waals surface area contributed by atoms with E-state index in [0.29, 0.717) is 30.3 Å². The van der Waals surface area contributed by atoms with E-state index < -0.39 is 12.1 Å². The van der Waals surface area contributed by atoms with Crippen LogP contribution in [-0.4, -0.2) is 29.4 Å². The van der Waals surface area contributed by atoms with Crippen molar-refractivity contribution >= 4 is 5.97 Å². The van der Waals surface area contributed by atoms with E-state index in [1.54, 1.807) is 18.2 Å². The van der Waals surface area contributed by atoms with Crippen molar-refractivity contribution in [2.45, 2.75) is 12.5 Å². The van der Waals surface area contributed by atoms with E-state index in [0.717, 1.165) is 0 Å². The summed E-state index contributed by atoms with van der Waals surface area (Å²) < 4.78 is 10.7. The smallest absolute Gasteiger partial charge is 0.306 e. The zero-order valence-corrected chi connectivity index (χ0v) is 8.55. The minimum Gasteiger partial charge on any atom is -0.486 e. The van der Waals surface area contributed by atoms with Crippen molar-refractivity contribution in [3.63, 3.8) is 0 Å². The van der Waals surface area contributed by atoms with Crippen molar-refractivity contribution in [2.24, 2.45) is 0 Å². The summed E-state index contributed by atoms with van der Waals surface area (Å²) in [4.78, 5) is 10.5. The molecule has 0 bridgehead atoms. The van der Waals surface area contributed by atoms with E-state index >= 15 is 0 Å². The molecule has 1 aliphatic rings. The van der Waals surface area contributed by atoms with Gasteiger partial charge in [-0.1, -0.05) is 6.07 Å². The fourth-order valence-electron chi connectivity index (χ4n) is 1.55. The summed E-state index contributed by atoms with van der Waals surface area (Å²) in [5.41, 5.74) is 0.520. The third kappa shape index (κ3) is 2.25. The fraction of sp³-hybridized carbons (Fsp3) is 0.364. The first-order valence-electron chi connectivity index (χ1n) is 4.96. The summed E-state index contributed by atoms with van der Waals surface area (Å²) in [6, 6.07) is 4.93. The Morgan fingerprint density at radius 1 is 1.31 bits per heavy atom. The van der Waals surface area contributed by atoms with Gasteiger partial charge in [-0.25, -0.2) is 0 Å². The maximum Gasteiger partial charge on any atom is 0.306 e. The molecule has 1 atom stereocenters. The molecule has 1 heterocycles. The maximum absolute atomic E-state index is 10.5. The van der Waals surface area contributed by atoms with Gasteiger partial charge >= 0.3 is 5.97 Å². The molecule has 5 heteroatoms. The number of aliphatic carboxylic acids is 1. The zero-order valence-electron chi connectivity index (χ0n) is 8.55. The van der Waals surface area contributed by atoms with Crippen molar-refractivity contribution in [1.29, 1.82) is 0 Å². The average molecular weight is 224 g/mol. The number of aliphatic hydroxyl groups is 1. The number of fused-ring (bicyclic) bond motifs is 1. The normalized spacial score (nSPS) is 15.6. The first-order valence-corrected chi connectivity index (χ1v) is 4.96. The van der Waals surface area contributed by atoms with Gasteiger partial charge in [0.15, 0.2) is 11.5 Å². The predicted molar refractivity (Wildman–Crippen MR) is 54.6 cm³/mol. The second-order valence-corrected chi connectivity index (χ2v) is 3.52. The van der Waals surface area contributed by atoms with E-state index in [1.165, 1.54) is 0 Å². The summed E-state index contributed by atoms with van der Waals surface area (Å²) in [5, 5.41) is 18.2. The van der Waals surface area contributed by atoms with Crippen LogP contribution in [0.15, 0.2) is 18.2 Å². The van der Waals surface area contributed by atoms with Crippen LogP contribution in [0.4, 0.5) is 0 Å². The summed E-state index contributed by atoms with van der Waals surface area (Å²) in [6.07, 6.45) is -1.34. The SMILES string of the molecule is O=C(O)CC(O)c1ccc2c(c1)OCCO2. The highest BCUT2D eigenvalue weighted by atomic mass is 16.6. The van der Waals surface area contributed by atoms with Crippen LogP contribution < -0.4 is 9.47 Å². The van der Waals surface area contributed by atoms with Crippen LogP contribution >= 0.6 is 0 Å². The Bertz CT molecular complexity index is 401. The number of hydrogen-bond donors (Lipinski definition) is 2. The second-order valence-electron chi connectivity index (χ2n) is 3.52. The fourth-order valence-corrected chi connectivity index (χ4v) is 1.55. The van der Waals surface area contributed by atoms with Crippen LogP contribution in [0.2, 0.25) is 0 Å². The summed E-state index contributed by atoms with van der Waals surface area (Å²) in [5.74, 6) is 0.133. The average Bonchev–Trinajstić information content (AvgIpc) is 2.27. The third-order valence-corrected chi connectivity index (χ3v) is 2.32. The molecule has 5 nitrogen and oxygen atoms in total. The number of rotatable bonds is 3. The van der Waals surface area contributed by atoms with E-state index in [2.05, 4.69) is 0 Å². The molecule has 0 spiro atoms. The standard InChI is InChI=1S/C11H12O5/c12-8(6-11(13)14)7-1-2-9-10(5-7)16-4-3-15-9/h1-2,5,8,12H,3-4,6H2,(H,13,14). The number of benzene rings is 1. The van der Waals surface area contributed by atoms with Gasteiger partial charge in [0.1, 0.15) is 13.2 Å². The number of aliphatic hydroxyl groups excluding tert-OH is 1. The van der Waals surface area contributed by atoms with Crippen LogP contribution in [0.5, 0.6) is 11.5 Å². The Labute approximate surface area is 92.2 Å². The lowest BCUT2D eigenvalue weighted by Crippen LogP contribution is -2.15. The van der Waals surface area contributed by atoms with Crippen molar-refractivity contribution in [3.05, 3.63) is 23.8 Å². The van der Waals surface area contributed by atoms with Crippen LogP contribution in [-0.2, 0) is 4.79 Å². The molecule has 1 aromatic rings. The van der Waals surface area contributed by atoms with Gasteiger partial charge < -0.3 is 19.7 Å². The Kier molecular flexibility index (Phi) is 2.96. The van der Waals surface area contributed by atoms with Gasteiger partial charge in [-0.2, -0.15) is 0 Å². The molecule has 0 radical (unpaired) electrons. The first kappa shape index (κ1) is 10.8. The number of carboxylic acid groups (broad SMARTS) is 1.